The molecule has 1 amide bonds. The Hall–Kier alpha value is -1.80. The number of carbonyl (C=O) groups excluding carboxylic acids is 1. The summed E-state index contributed by atoms with van der Waals surface area (Å²) in [7, 11) is 0. The number of likely N-dealkylation sites (tertiary alicyclic amines) is 1. The topological polar surface area (TPSA) is 69.6 Å². The van der Waals surface area contributed by atoms with E-state index in [4.69, 9.17) is 16.7 Å². The molecule has 5 nitrogen and oxygen atoms in total. The number of aliphatic carboxylic acids is 1. The molecule has 1 aliphatic heterocycles. The highest BCUT2D eigenvalue weighted by atomic mass is 35.5. The monoisotopic (exact) mass is 364 g/mol. The number of nitrogens with one attached hydrogen (secondary N) is 1. The summed E-state index contributed by atoms with van der Waals surface area (Å²) in [6.45, 7) is 0.264. The van der Waals surface area contributed by atoms with Crippen LogP contribution in [0.15, 0.2) is 18.2 Å². The van der Waals surface area contributed by atoms with Gasteiger partial charge in [0.1, 0.15) is 6.04 Å². The lowest BCUT2D eigenvalue weighted by molar-refractivity contribution is -0.145. The van der Waals surface area contributed by atoms with Gasteiger partial charge in [-0.05, 0) is 37.6 Å². The number of halogens is 4. The smallest absolute Gasteiger partial charge is 0.417 e. The van der Waals surface area contributed by atoms with Gasteiger partial charge in [0, 0.05) is 5.69 Å². The van der Waals surface area contributed by atoms with E-state index < -0.39 is 34.7 Å². The quantitative estimate of drug-likeness (QED) is 0.860. The second kappa shape index (κ2) is 7.40. The number of amides is 1. The van der Waals surface area contributed by atoms with E-state index in [2.05, 4.69) is 5.32 Å². The molecule has 1 saturated heterocycles. The van der Waals surface area contributed by atoms with Crippen LogP contribution in [0.3, 0.4) is 0 Å². The molecule has 2 N–H and O–H groups in total. The van der Waals surface area contributed by atoms with Gasteiger partial charge < -0.3 is 10.4 Å². The minimum Gasteiger partial charge on any atom is -0.480 e. The predicted molar refractivity (Wildman–Crippen MR) is 81.9 cm³/mol. The van der Waals surface area contributed by atoms with Crippen LogP contribution in [-0.2, 0) is 15.8 Å². The first-order chi connectivity index (χ1) is 11.2. The first-order valence-electron chi connectivity index (χ1n) is 7.32. The van der Waals surface area contributed by atoms with E-state index >= 15 is 0 Å². The average Bonchev–Trinajstić information content (AvgIpc) is 2.48. The fourth-order valence-electron chi connectivity index (χ4n) is 2.67. The van der Waals surface area contributed by atoms with Crippen LogP contribution in [0.1, 0.15) is 24.8 Å². The summed E-state index contributed by atoms with van der Waals surface area (Å²) in [5.74, 6) is -1.58. The van der Waals surface area contributed by atoms with Gasteiger partial charge in [0.05, 0.1) is 17.1 Å². The number of carboxylic acid groups (broad SMARTS) is 1. The van der Waals surface area contributed by atoms with Crippen molar-refractivity contribution in [2.75, 3.05) is 18.4 Å². The van der Waals surface area contributed by atoms with E-state index in [1.807, 2.05) is 0 Å². The lowest BCUT2D eigenvalue weighted by Gasteiger charge is -2.32. The molecule has 1 atom stereocenters. The van der Waals surface area contributed by atoms with Crippen LogP contribution in [0.4, 0.5) is 18.9 Å². The van der Waals surface area contributed by atoms with Crippen LogP contribution in [0.25, 0.3) is 0 Å². The summed E-state index contributed by atoms with van der Waals surface area (Å²) in [6.07, 6.45) is -2.64. The zero-order chi connectivity index (χ0) is 17.9. The van der Waals surface area contributed by atoms with Crippen molar-refractivity contribution in [2.45, 2.75) is 31.5 Å². The Morgan fingerprint density at radius 1 is 1.33 bits per heavy atom. The predicted octanol–water partition coefficient (Wildman–Crippen LogP) is 3.24. The maximum absolute atomic E-state index is 12.8. The lowest BCUT2D eigenvalue weighted by Crippen LogP contribution is -2.47. The second-order valence-corrected chi connectivity index (χ2v) is 5.97. The number of anilines is 1. The van der Waals surface area contributed by atoms with Gasteiger partial charge in [0.25, 0.3) is 0 Å². The van der Waals surface area contributed by atoms with Crippen LogP contribution in [0.5, 0.6) is 0 Å². The van der Waals surface area contributed by atoms with Gasteiger partial charge in [-0.25, -0.2) is 0 Å². The highest BCUT2D eigenvalue weighted by Gasteiger charge is 2.34. The molecule has 1 unspecified atom stereocenters. The number of benzene rings is 1. The van der Waals surface area contributed by atoms with Crippen molar-refractivity contribution in [2.24, 2.45) is 0 Å². The zero-order valence-corrected chi connectivity index (χ0v) is 13.3. The number of rotatable bonds is 4. The molecule has 1 aliphatic rings. The van der Waals surface area contributed by atoms with Crippen LogP contribution >= 0.6 is 11.6 Å². The number of hydrogen-bond donors (Lipinski definition) is 2. The van der Waals surface area contributed by atoms with Crippen LogP contribution in [0, 0.1) is 0 Å². The third kappa shape index (κ3) is 4.61. The Morgan fingerprint density at radius 3 is 2.67 bits per heavy atom. The average molecular weight is 365 g/mol. The number of alkyl halides is 3. The zero-order valence-electron chi connectivity index (χ0n) is 12.6. The molecule has 1 aromatic rings. The summed E-state index contributed by atoms with van der Waals surface area (Å²) in [6, 6.07) is 2.33. The number of carbonyl (C=O) groups is 2. The van der Waals surface area contributed by atoms with Crippen molar-refractivity contribution in [3.8, 4) is 0 Å². The Bertz CT molecular complexity index is 637. The van der Waals surface area contributed by atoms with Crippen molar-refractivity contribution in [1.82, 2.24) is 4.90 Å². The highest BCUT2D eigenvalue weighted by molar-refractivity contribution is 6.31. The molecular formula is C15H16ClF3N2O3. The van der Waals surface area contributed by atoms with Crippen molar-refractivity contribution < 1.29 is 27.9 Å². The second-order valence-electron chi connectivity index (χ2n) is 5.56. The highest BCUT2D eigenvalue weighted by Crippen LogP contribution is 2.36. The van der Waals surface area contributed by atoms with E-state index in [1.165, 1.54) is 11.0 Å². The summed E-state index contributed by atoms with van der Waals surface area (Å²) in [5, 5.41) is 11.1. The van der Waals surface area contributed by atoms with Gasteiger partial charge in [-0.1, -0.05) is 18.0 Å². The van der Waals surface area contributed by atoms with Crippen molar-refractivity contribution in [1.29, 1.82) is 0 Å². The molecule has 0 saturated carbocycles. The van der Waals surface area contributed by atoms with Crippen LogP contribution in [-0.4, -0.2) is 41.0 Å². The van der Waals surface area contributed by atoms with Gasteiger partial charge in [0.2, 0.25) is 5.91 Å². The van der Waals surface area contributed by atoms with Crippen molar-refractivity contribution in [3.05, 3.63) is 28.8 Å². The minimum absolute atomic E-state index is 0.0411. The van der Waals surface area contributed by atoms with Crippen LogP contribution < -0.4 is 5.32 Å². The molecule has 9 heteroatoms. The maximum Gasteiger partial charge on any atom is 0.417 e. The fraction of sp³-hybridized carbons (Fsp3) is 0.467. The van der Waals surface area contributed by atoms with E-state index in [-0.39, 0.29) is 12.2 Å². The molecule has 2 rings (SSSR count). The molecule has 132 valence electrons. The Balaban J connectivity index is 2.06. The van der Waals surface area contributed by atoms with E-state index in [0.29, 0.717) is 13.0 Å². The Morgan fingerprint density at radius 2 is 2.04 bits per heavy atom. The molecular weight excluding hydrogens is 349 g/mol. The summed E-state index contributed by atoms with van der Waals surface area (Å²) in [5.41, 5.74) is -1.08. The lowest BCUT2D eigenvalue weighted by atomic mass is 10.0. The standard InChI is InChI=1S/C15H16ClF3N2O3/c16-11-5-4-9(7-10(11)15(17,18)19)20-13(22)8-21-6-2-1-3-12(21)14(23)24/h4-5,7,12H,1-3,6,8H2,(H,20,22)(H,23,24). The molecule has 0 spiro atoms. The normalized spacial score (nSPS) is 19.1. The third-order valence-electron chi connectivity index (χ3n) is 3.80. The van der Waals surface area contributed by atoms with Gasteiger partial charge in [-0.2, -0.15) is 13.2 Å². The largest absolute Gasteiger partial charge is 0.480 e. The molecule has 0 bridgehead atoms. The molecule has 0 radical (unpaired) electrons. The van der Waals surface area contributed by atoms with Gasteiger partial charge in [-0.15, -0.1) is 0 Å². The van der Waals surface area contributed by atoms with E-state index in [1.54, 1.807) is 0 Å². The molecule has 1 heterocycles. The Kier molecular flexibility index (Phi) is 5.71. The summed E-state index contributed by atoms with van der Waals surface area (Å²) in [4.78, 5) is 24.7. The van der Waals surface area contributed by atoms with Gasteiger partial charge in [-0.3, -0.25) is 14.5 Å². The summed E-state index contributed by atoms with van der Waals surface area (Å²) < 4.78 is 38.4. The van der Waals surface area contributed by atoms with Gasteiger partial charge >= 0.3 is 12.1 Å². The first kappa shape index (κ1) is 18.5. The maximum atomic E-state index is 12.8. The first-order valence-corrected chi connectivity index (χ1v) is 7.69. The number of carboxylic acids is 1. The van der Waals surface area contributed by atoms with Crippen LogP contribution in [0.2, 0.25) is 5.02 Å². The molecule has 0 aliphatic carbocycles. The molecule has 0 aromatic heterocycles. The van der Waals surface area contributed by atoms with Gasteiger partial charge in [0.15, 0.2) is 0 Å². The number of nitrogens with zero attached hydrogens (tertiary/aromatic N) is 1. The fourth-order valence-corrected chi connectivity index (χ4v) is 2.89. The SMILES string of the molecule is O=C(CN1CCCCC1C(=O)O)Nc1ccc(Cl)c(C(F)(F)F)c1. The molecule has 1 fully saturated rings. The third-order valence-corrected chi connectivity index (χ3v) is 4.13. The molecule has 1 aromatic carbocycles. The number of piperidine rings is 1. The summed E-state index contributed by atoms with van der Waals surface area (Å²) >= 11 is 5.52. The molecule has 24 heavy (non-hydrogen) atoms. The van der Waals surface area contributed by atoms with E-state index in [0.717, 1.165) is 25.0 Å². The van der Waals surface area contributed by atoms with E-state index in [9.17, 15) is 22.8 Å². The van der Waals surface area contributed by atoms with Crippen molar-refractivity contribution in [3.63, 3.8) is 0 Å². The number of hydrogen-bond acceptors (Lipinski definition) is 3. The minimum atomic E-state index is -4.63. The van der Waals surface area contributed by atoms with Crippen molar-refractivity contribution >= 4 is 29.2 Å². The Labute approximate surface area is 141 Å².